The van der Waals surface area contributed by atoms with Crippen molar-refractivity contribution in [2.45, 2.75) is 27.2 Å². The molecule has 0 saturated heterocycles. The van der Waals surface area contributed by atoms with Crippen molar-refractivity contribution >= 4 is 11.6 Å². The molecule has 0 aliphatic carbocycles. The predicted molar refractivity (Wildman–Crippen MR) is 68.1 cm³/mol. The van der Waals surface area contributed by atoms with Crippen LogP contribution in [0.2, 0.25) is 0 Å². The Morgan fingerprint density at radius 2 is 2.18 bits per heavy atom. The summed E-state index contributed by atoms with van der Waals surface area (Å²) < 4.78 is 0. The molecule has 0 unspecified atom stereocenters. The van der Waals surface area contributed by atoms with Gasteiger partial charge in [-0.25, -0.2) is 5.43 Å². The van der Waals surface area contributed by atoms with Crippen LogP contribution in [0.4, 0.5) is 0 Å². The number of nitrogens with one attached hydrogen (secondary N) is 1. The largest absolute Gasteiger partial charge is 0.508 e. The summed E-state index contributed by atoms with van der Waals surface area (Å²) in [5.74, 6) is 0.265. The third-order valence-corrected chi connectivity index (χ3v) is 2.16. The van der Waals surface area contributed by atoms with Crippen molar-refractivity contribution in [3.05, 3.63) is 29.8 Å². The molecule has 4 nitrogen and oxygen atoms in total. The van der Waals surface area contributed by atoms with Crippen molar-refractivity contribution in [2.24, 2.45) is 11.0 Å². The van der Waals surface area contributed by atoms with E-state index in [1.165, 1.54) is 12.1 Å². The average Bonchev–Trinajstić information content (AvgIpc) is 2.25. The Kier molecular flexibility index (Phi) is 4.69. The number of aromatic hydroxyl groups is 1. The fourth-order valence-electron chi connectivity index (χ4n) is 1.49. The van der Waals surface area contributed by atoms with Crippen LogP contribution in [0.25, 0.3) is 0 Å². The van der Waals surface area contributed by atoms with Crippen LogP contribution in [0, 0.1) is 5.92 Å². The number of rotatable bonds is 4. The Hall–Kier alpha value is -1.84. The molecule has 0 atom stereocenters. The first kappa shape index (κ1) is 13.2. The van der Waals surface area contributed by atoms with E-state index in [-0.39, 0.29) is 11.7 Å². The van der Waals surface area contributed by atoms with Gasteiger partial charge in [-0.2, -0.15) is 5.10 Å². The number of benzene rings is 1. The Labute approximate surface area is 101 Å². The number of hydrogen-bond acceptors (Lipinski definition) is 3. The molecule has 0 heterocycles. The van der Waals surface area contributed by atoms with Gasteiger partial charge >= 0.3 is 0 Å². The molecule has 0 spiro atoms. The second-order valence-electron chi connectivity index (χ2n) is 4.44. The summed E-state index contributed by atoms with van der Waals surface area (Å²) in [6, 6.07) is 6.17. The van der Waals surface area contributed by atoms with Gasteiger partial charge in [0.15, 0.2) is 0 Å². The topological polar surface area (TPSA) is 61.7 Å². The molecule has 0 aromatic heterocycles. The molecule has 0 bridgehead atoms. The van der Waals surface area contributed by atoms with Gasteiger partial charge in [-0.05, 0) is 37.5 Å². The minimum absolute atomic E-state index is 0.0699. The summed E-state index contributed by atoms with van der Waals surface area (Å²) in [6.07, 6.45) is 0.848. The van der Waals surface area contributed by atoms with E-state index in [1.54, 1.807) is 12.1 Å². The van der Waals surface area contributed by atoms with Gasteiger partial charge in [0.25, 0.3) is 5.91 Å². The number of carbonyl (C=O) groups is 1. The van der Waals surface area contributed by atoms with E-state index in [4.69, 9.17) is 0 Å². The molecule has 0 fully saturated rings. The lowest BCUT2D eigenvalue weighted by atomic mass is 10.1. The average molecular weight is 234 g/mol. The van der Waals surface area contributed by atoms with Gasteiger partial charge in [0.1, 0.15) is 5.75 Å². The summed E-state index contributed by atoms with van der Waals surface area (Å²) in [6.45, 7) is 6.06. The third kappa shape index (κ3) is 4.68. The number of phenols is 1. The van der Waals surface area contributed by atoms with Crippen molar-refractivity contribution in [3.8, 4) is 5.75 Å². The summed E-state index contributed by atoms with van der Waals surface area (Å²) in [5.41, 5.74) is 3.75. The summed E-state index contributed by atoms with van der Waals surface area (Å²) in [5, 5.41) is 13.2. The number of carbonyl (C=O) groups excluding carboxylic acids is 1. The number of amides is 1. The fourth-order valence-corrected chi connectivity index (χ4v) is 1.49. The van der Waals surface area contributed by atoms with Gasteiger partial charge in [0.05, 0.1) is 0 Å². The highest BCUT2D eigenvalue weighted by molar-refractivity contribution is 5.95. The third-order valence-electron chi connectivity index (χ3n) is 2.16. The van der Waals surface area contributed by atoms with E-state index in [9.17, 15) is 9.90 Å². The summed E-state index contributed by atoms with van der Waals surface area (Å²) >= 11 is 0. The molecule has 4 heteroatoms. The second-order valence-corrected chi connectivity index (χ2v) is 4.44. The number of hydrogen-bond donors (Lipinski definition) is 2. The molecule has 1 rings (SSSR count). The highest BCUT2D eigenvalue weighted by Gasteiger charge is 2.05. The van der Waals surface area contributed by atoms with Crippen LogP contribution in [-0.2, 0) is 0 Å². The molecule has 0 saturated carbocycles. The minimum Gasteiger partial charge on any atom is -0.508 e. The van der Waals surface area contributed by atoms with Crippen LogP contribution in [-0.4, -0.2) is 16.7 Å². The van der Waals surface area contributed by atoms with E-state index >= 15 is 0 Å². The van der Waals surface area contributed by atoms with Gasteiger partial charge in [0.2, 0.25) is 0 Å². The Morgan fingerprint density at radius 1 is 1.47 bits per heavy atom. The zero-order valence-electron chi connectivity index (χ0n) is 10.4. The molecule has 1 aromatic rings. The number of phenolic OH excluding ortho intramolecular Hbond substituents is 1. The van der Waals surface area contributed by atoms with Gasteiger partial charge in [-0.3, -0.25) is 4.79 Å². The number of hydrazone groups is 1. The first-order chi connectivity index (χ1) is 7.99. The monoisotopic (exact) mass is 234 g/mol. The first-order valence-electron chi connectivity index (χ1n) is 5.61. The molecular weight excluding hydrogens is 216 g/mol. The maximum atomic E-state index is 11.7. The zero-order chi connectivity index (χ0) is 12.8. The molecule has 0 aliphatic heterocycles. The summed E-state index contributed by atoms with van der Waals surface area (Å²) in [7, 11) is 0. The number of nitrogens with zero attached hydrogens (tertiary/aromatic N) is 1. The Bertz CT molecular complexity index is 425. The minimum atomic E-state index is -0.316. The molecular formula is C13H18N2O2. The molecule has 92 valence electrons. The Morgan fingerprint density at radius 3 is 2.76 bits per heavy atom. The van der Waals surface area contributed by atoms with Crippen LogP contribution < -0.4 is 5.43 Å². The van der Waals surface area contributed by atoms with E-state index < -0.39 is 0 Å². The highest BCUT2D eigenvalue weighted by Crippen LogP contribution is 2.10. The van der Waals surface area contributed by atoms with Crippen molar-refractivity contribution in [3.63, 3.8) is 0 Å². The van der Waals surface area contributed by atoms with Gasteiger partial charge in [-0.1, -0.05) is 19.9 Å². The lowest BCUT2D eigenvalue weighted by Gasteiger charge is -2.05. The highest BCUT2D eigenvalue weighted by atomic mass is 16.3. The van der Waals surface area contributed by atoms with Crippen molar-refractivity contribution < 1.29 is 9.90 Å². The summed E-state index contributed by atoms with van der Waals surface area (Å²) in [4.78, 5) is 11.7. The molecule has 17 heavy (non-hydrogen) atoms. The maximum Gasteiger partial charge on any atom is 0.271 e. The molecule has 0 aliphatic rings. The van der Waals surface area contributed by atoms with Crippen LogP contribution in [0.15, 0.2) is 29.4 Å². The van der Waals surface area contributed by atoms with Crippen molar-refractivity contribution in [1.29, 1.82) is 0 Å². The van der Waals surface area contributed by atoms with Crippen LogP contribution in [0.3, 0.4) is 0 Å². The predicted octanol–water partition coefficient (Wildman–Crippen LogP) is 2.54. The molecule has 2 N–H and O–H groups in total. The first-order valence-corrected chi connectivity index (χ1v) is 5.61. The van der Waals surface area contributed by atoms with Gasteiger partial charge < -0.3 is 5.11 Å². The van der Waals surface area contributed by atoms with Gasteiger partial charge in [-0.15, -0.1) is 0 Å². The molecule has 0 radical (unpaired) electrons. The Balaban J connectivity index is 2.61. The lowest BCUT2D eigenvalue weighted by Crippen LogP contribution is -2.19. The van der Waals surface area contributed by atoms with E-state index in [0.29, 0.717) is 11.5 Å². The quantitative estimate of drug-likeness (QED) is 0.621. The maximum absolute atomic E-state index is 11.7. The lowest BCUT2D eigenvalue weighted by molar-refractivity contribution is 0.0954. The van der Waals surface area contributed by atoms with Crippen LogP contribution in [0.1, 0.15) is 37.6 Å². The van der Waals surface area contributed by atoms with E-state index in [2.05, 4.69) is 24.4 Å². The van der Waals surface area contributed by atoms with E-state index in [1.807, 2.05) is 6.92 Å². The molecule has 1 aromatic carbocycles. The molecule has 1 amide bonds. The second kappa shape index (κ2) is 6.03. The SMILES string of the molecule is C/C(CC(C)C)=N/NC(=O)c1cccc(O)c1. The van der Waals surface area contributed by atoms with Crippen molar-refractivity contribution in [1.82, 2.24) is 5.43 Å². The normalized spacial score (nSPS) is 11.6. The van der Waals surface area contributed by atoms with Crippen LogP contribution in [0.5, 0.6) is 5.75 Å². The van der Waals surface area contributed by atoms with Gasteiger partial charge in [0, 0.05) is 11.3 Å². The smallest absolute Gasteiger partial charge is 0.271 e. The fraction of sp³-hybridized carbons (Fsp3) is 0.385. The van der Waals surface area contributed by atoms with E-state index in [0.717, 1.165) is 12.1 Å². The van der Waals surface area contributed by atoms with Crippen molar-refractivity contribution in [2.75, 3.05) is 0 Å². The standard InChI is InChI=1S/C13H18N2O2/c1-9(2)7-10(3)14-15-13(17)11-5-4-6-12(16)8-11/h4-6,8-9,16H,7H2,1-3H3,(H,15,17)/b14-10-. The zero-order valence-corrected chi connectivity index (χ0v) is 10.4. The van der Waals surface area contributed by atoms with Crippen LogP contribution >= 0.6 is 0 Å².